The molecule has 0 N–H and O–H groups in total. The van der Waals surface area contributed by atoms with Crippen LogP contribution < -0.4 is 0 Å². The predicted molar refractivity (Wildman–Crippen MR) is 166 cm³/mol. The standard InChI is InChI=1S/C37H39NO.ClH/c1-5-15-28(16-6-1)32-25-37(38-23-13-14-24-38)26-33(29-17-7-2-8-18-29)35(32)34(27-37)39-36(30-19-9-3-10-20-30)31-21-11-4-12-22-31;/h1-12,15-22,32-36H,13-14,23-27H2;1H/t32-,33-,34+,35?,37?;/m0./s1. The first-order valence-electron chi connectivity index (χ1n) is 14.9. The molecule has 0 radical (unpaired) electrons. The number of halogens is 1. The van der Waals surface area contributed by atoms with Crippen LogP contribution in [0.25, 0.3) is 0 Å². The van der Waals surface area contributed by atoms with E-state index in [4.69, 9.17) is 4.74 Å². The molecule has 4 aliphatic rings. The lowest BCUT2D eigenvalue weighted by molar-refractivity contribution is -0.141. The third kappa shape index (κ3) is 5.14. The van der Waals surface area contributed by atoms with Crippen LogP contribution in [0.1, 0.15) is 72.3 Å². The van der Waals surface area contributed by atoms with Crippen LogP contribution in [0.5, 0.6) is 0 Å². The summed E-state index contributed by atoms with van der Waals surface area (Å²) in [4.78, 5) is 2.87. The van der Waals surface area contributed by atoms with Crippen molar-refractivity contribution >= 4 is 12.4 Å². The van der Waals surface area contributed by atoms with Gasteiger partial charge in [-0.1, -0.05) is 121 Å². The van der Waals surface area contributed by atoms with Gasteiger partial charge in [0.25, 0.3) is 0 Å². The van der Waals surface area contributed by atoms with Gasteiger partial charge in [-0.15, -0.1) is 12.4 Å². The average molecular weight is 550 g/mol. The summed E-state index contributed by atoms with van der Waals surface area (Å²) in [6.45, 7) is 2.45. The fraction of sp³-hybridized carbons (Fsp3) is 0.351. The molecule has 0 amide bonds. The maximum Gasteiger partial charge on any atom is 0.108 e. The topological polar surface area (TPSA) is 12.5 Å². The number of hydrogen-bond acceptors (Lipinski definition) is 2. The van der Waals surface area contributed by atoms with Crippen LogP contribution in [0, 0.1) is 5.92 Å². The first-order chi connectivity index (χ1) is 19.3. The molecule has 40 heavy (non-hydrogen) atoms. The van der Waals surface area contributed by atoms with Crippen LogP contribution in [0.3, 0.4) is 0 Å². The largest absolute Gasteiger partial charge is 0.365 e. The van der Waals surface area contributed by atoms with Crippen molar-refractivity contribution in [3.8, 4) is 0 Å². The van der Waals surface area contributed by atoms with Crippen molar-refractivity contribution in [2.75, 3.05) is 13.1 Å². The summed E-state index contributed by atoms with van der Waals surface area (Å²) in [5.74, 6) is 1.41. The average Bonchev–Trinajstić information content (AvgIpc) is 3.58. The molecule has 2 bridgehead atoms. The third-order valence-corrected chi connectivity index (χ3v) is 9.89. The molecular weight excluding hydrogens is 510 g/mol. The van der Waals surface area contributed by atoms with Crippen LogP contribution in [-0.4, -0.2) is 29.6 Å². The van der Waals surface area contributed by atoms with Crippen molar-refractivity contribution in [2.45, 2.75) is 61.7 Å². The first-order valence-corrected chi connectivity index (χ1v) is 14.9. The second kappa shape index (κ2) is 11.9. The van der Waals surface area contributed by atoms with Gasteiger partial charge < -0.3 is 4.74 Å². The Hall–Kier alpha value is -2.91. The van der Waals surface area contributed by atoms with E-state index in [1.165, 1.54) is 61.0 Å². The van der Waals surface area contributed by atoms with Crippen molar-refractivity contribution in [3.05, 3.63) is 144 Å². The van der Waals surface area contributed by atoms with Crippen molar-refractivity contribution < 1.29 is 4.74 Å². The summed E-state index contributed by atoms with van der Waals surface area (Å²) in [5.41, 5.74) is 5.63. The van der Waals surface area contributed by atoms with E-state index in [9.17, 15) is 0 Å². The zero-order chi connectivity index (χ0) is 26.1. The van der Waals surface area contributed by atoms with E-state index in [1.54, 1.807) is 0 Å². The molecule has 2 nitrogen and oxygen atoms in total. The van der Waals surface area contributed by atoms with Crippen LogP contribution in [0.2, 0.25) is 0 Å². The highest BCUT2D eigenvalue weighted by Gasteiger charge is 2.59. The van der Waals surface area contributed by atoms with E-state index in [0.29, 0.717) is 17.8 Å². The lowest BCUT2D eigenvalue weighted by atomic mass is 9.51. The molecule has 4 fully saturated rings. The van der Waals surface area contributed by atoms with Gasteiger partial charge in [0.15, 0.2) is 0 Å². The van der Waals surface area contributed by atoms with Crippen molar-refractivity contribution in [3.63, 3.8) is 0 Å². The monoisotopic (exact) mass is 549 g/mol. The Morgan fingerprint density at radius 2 is 1.00 bits per heavy atom. The molecule has 8 rings (SSSR count). The Bertz CT molecular complexity index is 1250. The maximum atomic E-state index is 7.46. The van der Waals surface area contributed by atoms with E-state index in [-0.39, 0.29) is 30.2 Å². The molecule has 4 aromatic carbocycles. The van der Waals surface area contributed by atoms with Gasteiger partial charge in [0, 0.05) is 5.54 Å². The highest BCUT2D eigenvalue weighted by atomic mass is 35.5. The number of ether oxygens (including phenoxy) is 1. The molecule has 3 heteroatoms. The maximum absolute atomic E-state index is 7.46. The van der Waals surface area contributed by atoms with Gasteiger partial charge in [0.05, 0.1) is 6.10 Å². The van der Waals surface area contributed by atoms with Gasteiger partial charge in [-0.3, -0.25) is 4.90 Å². The number of hydrogen-bond donors (Lipinski definition) is 0. The van der Waals surface area contributed by atoms with E-state index in [2.05, 4.69) is 126 Å². The van der Waals surface area contributed by atoms with Crippen LogP contribution in [0.15, 0.2) is 121 Å². The molecule has 0 aromatic heterocycles. The molecule has 1 saturated heterocycles. The molecular formula is C37H40ClNO. The van der Waals surface area contributed by atoms with Crippen LogP contribution in [0.4, 0.5) is 0 Å². The summed E-state index contributed by atoms with van der Waals surface area (Å²) in [6, 6.07) is 44.4. The van der Waals surface area contributed by atoms with Crippen molar-refractivity contribution in [2.24, 2.45) is 5.92 Å². The van der Waals surface area contributed by atoms with Crippen molar-refractivity contribution in [1.29, 1.82) is 0 Å². The lowest BCUT2D eigenvalue weighted by Crippen LogP contribution is -2.62. The van der Waals surface area contributed by atoms with E-state index < -0.39 is 0 Å². The Balaban J connectivity index is 0.00000289. The molecule has 1 aliphatic heterocycles. The molecule has 3 aliphatic carbocycles. The number of fused-ring (bicyclic) bond motifs is 3. The van der Waals surface area contributed by atoms with E-state index >= 15 is 0 Å². The summed E-state index contributed by atoms with van der Waals surface area (Å²) in [7, 11) is 0. The number of nitrogens with zero attached hydrogens (tertiary/aromatic N) is 1. The fourth-order valence-corrected chi connectivity index (χ4v) is 8.23. The smallest absolute Gasteiger partial charge is 0.108 e. The number of benzene rings is 4. The van der Waals surface area contributed by atoms with Crippen LogP contribution in [-0.2, 0) is 4.74 Å². The van der Waals surface area contributed by atoms with Crippen LogP contribution >= 0.6 is 12.4 Å². The van der Waals surface area contributed by atoms with E-state index in [0.717, 1.165) is 6.42 Å². The first kappa shape index (κ1) is 27.3. The Labute approximate surface area is 245 Å². The second-order valence-corrected chi connectivity index (χ2v) is 12.0. The van der Waals surface area contributed by atoms with Gasteiger partial charge in [0.1, 0.15) is 6.10 Å². The summed E-state index contributed by atoms with van der Waals surface area (Å²) >= 11 is 0. The molecule has 206 valence electrons. The molecule has 3 atom stereocenters. The molecule has 4 aromatic rings. The molecule has 0 spiro atoms. The minimum absolute atomic E-state index is 0. The lowest BCUT2D eigenvalue weighted by Gasteiger charge is -2.61. The number of rotatable bonds is 7. The zero-order valence-corrected chi connectivity index (χ0v) is 24.0. The SMILES string of the molecule is Cl.c1ccc(C(O[C@@H]2CC3(N4CCCC4)C[C@@H](c4ccccc4)C2[C@H](c2ccccc2)C3)c2ccccc2)cc1. The molecule has 3 saturated carbocycles. The normalized spacial score (nSPS) is 27.9. The predicted octanol–water partition coefficient (Wildman–Crippen LogP) is 8.80. The minimum Gasteiger partial charge on any atom is -0.365 e. The van der Waals surface area contributed by atoms with Gasteiger partial charge in [-0.05, 0) is 85.2 Å². The third-order valence-electron chi connectivity index (χ3n) is 9.89. The molecule has 1 heterocycles. The highest BCUT2D eigenvalue weighted by molar-refractivity contribution is 5.85. The van der Waals surface area contributed by atoms with Gasteiger partial charge >= 0.3 is 0 Å². The zero-order valence-electron chi connectivity index (χ0n) is 23.1. The number of likely N-dealkylation sites (tertiary alicyclic amines) is 1. The van der Waals surface area contributed by atoms with Gasteiger partial charge in [-0.25, -0.2) is 0 Å². The summed E-state index contributed by atoms with van der Waals surface area (Å²) in [6.07, 6.45) is 6.35. The Morgan fingerprint density at radius 1 is 0.575 bits per heavy atom. The fourth-order valence-electron chi connectivity index (χ4n) is 8.23. The Kier molecular flexibility index (Phi) is 8.12. The second-order valence-electron chi connectivity index (χ2n) is 12.0. The highest BCUT2D eigenvalue weighted by Crippen LogP contribution is 2.61. The van der Waals surface area contributed by atoms with E-state index in [1.807, 2.05) is 0 Å². The minimum atomic E-state index is -0.0692. The van der Waals surface area contributed by atoms with Gasteiger partial charge in [0.2, 0.25) is 0 Å². The molecule has 0 unspecified atom stereocenters. The van der Waals surface area contributed by atoms with Gasteiger partial charge in [-0.2, -0.15) is 0 Å². The quantitative estimate of drug-likeness (QED) is 0.228. The summed E-state index contributed by atoms with van der Waals surface area (Å²) < 4.78 is 7.46. The summed E-state index contributed by atoms with van der Waals surface area (Å²) in [5, 5.41) is 0. The Morgan fingerprint density at radius 3 is 1.45 bits per heavy atom. The van der Waals surface area contributed by atoms with Crippen molar-refractivity contribution in [1.82, 2.24) is 4.90 Å².